The Kier molecular flexibility index (Phi) is 1.28. The van der Waals surface area contributed by atoms with E-state index in [4.69, 9.17) is 0 Å². The summed E-state index contributed by atoms with van der Waals surface area (Å²) in [6.45, 7) is 0. The lowest BCUT2D eigenvalue weighted by molar-refractivity contribution is -0.138. The summed E-state index contributed by atoms with van der Waals surface area (Å²) >= 11 is 1.75. The van der Waals surface area contributed by atoms with Crippen LogP contribution in [0.4, 0.5) is 0 Å². The van der Waals surface area contributed by atoms with Gasteiger partial charge < -0.3 is 0 Å². The predicted molar refractivity (Wildman–Crippen MR) is 49.1 cm³/mol. The second kappa shape index (κ2) is 2.18. The van der Waals surface area contributed by atoms with Crippen molar-refractivity contribution in [2.75, 3.05) is 7.05 Å². The molecule has 13 heavy (non-hydrogen) atoms. The fraction of sp³-hybridized carbons (Fsp3) is 0.556. The van der Waals surface area contributed by atoms with Crippen molar-refractivity contribution < 1.29 is 9.59 Å². The molecule has 2 fully saturated rings. The van der Waals surface area contributed by atoms with Gasteiger partial charge in [-0.15, -0.1) is 11.8 Å². The molecule has 4 heteroatoms. The van der Waals surface area contributed by atoms with Crippen molar-refractivity contribution in [2.45, 2.75) is 10.5 Å². The van der Waals surface area contributed by atoms with Crippen LogP contribution in [-0.4, -0.2) is 34.3 Å². The topological polar surface area (TPSA) is 37.4 Å². The van der Waals surface area contributed by atoms with Gasteiger partial charge in [0.05, 0.1) is 11.8 Å². The molecule has 0 unspecified atom stereocenters. The van der Waals surface area contributed by atoms with E-state index in [1.807, 2.05) is 0 Å². The number of hydrogen-bond acceptors (Lipinski definition) is 3. The van der Waals surface area contributed by atoms with Gasteiger partial charge in [-0.1, -0.05) is 12.2 Å². The molecule has 3 nitrogen and oxygen atoms in total. The van der Waals surface area contributed by atoms with E-state index in [2.05, 4.69) is 12.2 Å². The van der Waals surface area contributed by atoms with Gasteiger partial charge in [-0.3, -0.25) is 14.5 Å². The number of hydrogen-bond donors (Lipinski definition) is 0. The second-order valence-corrected chi connectivity index (χ2v) is 5.10. The number of rotatable bonds is 0. The van der Waals surface area contributed by atoms with E-state index in [1.165, 1.54) is 4.90 Å². The minimum atomic E-state index is -0.0579. The number of nitrogens with zero attached hydrogens (tertiary/aromatic N) is 1. The Labute approximate surface area is 80.2 Å². The van der Waals surface area contributed by atoms with E-state index in [9.17, 15) is 9.59 Å². The van der Waals surface area contributed by atoms with Crippen LogP contribution in [0.2, 0.25) is 0 Å². The average Bonchev–Trinajstić information content (AvgIpc) is 2.76. The molecule has 0 aromatic heterocycles. The van der Waals surface area contributed by atoms with Crippen LogP contribution in [0.3, 0.4) is 0 Å². The largest absolute Gasteiger partial charge is 0.285 e. The monoisotopic (exact) mass is 195 g/mol. The number of fused-ring (bicyclic) bond motifs is 5. The van der Waals surface area contributed by atoms with Crippen molar-refractivity contribution in [3.05, 3.63) is 12.2 Å². The number of thioether (sulfide) groups is 1. The first-order valence-corrected chi connectivity index (χ1v) is 5.29. The van der Waals surface area contributed by atoms with Crippen LogP contribution in [0.1, 0.15) is 0 Å². The molecule has 3 heterocycles. The van der Waals surface area contributed by atoms with Gasteiger partial charge in [-0.05, 0) is 0 Å². The molecule has 2 saturated heterocycles. The third-order valence-corrected chi connectivity index (χ3v) is 4.66. The normalized spacial score (nSPS) is 46.4. The summed E-state index contributed by atoms with van der Waals surface area (Å²) in [6.07, 6.45) is 4.14. The van der Waals surface area contributed by atoms with Crippen molar-refractivity contribution in [2.24, 2.45) is 11.8 Å². The quantitative estimate of drug-likeness (QED) is 0.411. The maximum absolute atomic E-state index is 11.6. The molecular weight excluding hydrogens is 186 g/mol. The molecule has 2 amide bonds. The van der Waals surface area contributed by atoms with Gasteiger partial charge in [0.1, 0.15) is 0 Å². The molecule has 0 saturated carbocycles. The van der Waals surface area contributed by atoms with Crippen molar-refractivity contribution in [1.82, 2.24) is 4.90 Å². The lowest BCUT2D eigenvalue weighted by atomic mass is 9.85. The Morgan fingerprint density at radius 1 is 1.15 bits per heavy atom. The van der Waals surface area contributed by atoms with Gasteiger partial charge in [0.2, 0.25) is 11.8 Å². The molecule has 0 N–H and O–H groups in total. The van der Waals surface area contributed by atoms with Crippen molar-refractivity contribution >= 4 is 23.6 Å². The van der Waals surface area contributed by atoms with Crippen LogP contribution in [0.15, 0.2) is 12.2 Å². The highest BCUT2D eigenvalue weighted by atomic mass is 32.2. The number of amides is 2. The predicted octanol–water partition coefficient (Wildman–Crippen LogP) is 0.271. The van der Waals surface area contributed by atoms with Crippen LogP contribution >= 0.6 is 11.8 Å². The van der Waals surface area contributed by atoms with Crippen LogP contribution in [-0.2, 0) is 9.59 Å². The van der Waals surface area contributed by atoms with Gasteiger partial charge in [0.25, 0.3) is 0 Å². The molecule has 0 spiro atoms. The Balaban J connectivity index is 2.08. The third kappa shape index (κ3) is 0.729. The summed E-state index contributed by atoms with van der Waals surface area (Å²) in [4.78, 5) is 24.6. The molecule has 0 radical (unpaired) electrons. The highest BCUT2D eigenvalue weighted by molar-refractivity contribution is 8.01. The summed E-state index contributed by atoms with van der Waals surface area (Å²) < 4.78 is 0. The van der Waals surface area contributed by atoms with Crippen LogP contribution in [0.5, 0.6) is 0 Å². The SMILES string of the molecule is CN1C(=O)[C@@H]2[C@H](C1=O)[C@H]1C=C[C@@H]2S1. The maximum Gasteiger partial charge on any atom is 0.234 e. The highest BCUT2D eigenvalue weighted by Gasteiger charge is 2.58. The van der Waals surface area contributed by atoms with E-state index in [0.29, 0.717) is 0 Å². The van der Waals surface area contributed by atoms with Crippen LogP contribution < -0.4 is 0 Å². The molecule has 2 bridgehead atoms. The second-order valence-electron chi connectivity index (χ2n) is 3.74. The number of likely N-dealkylation sites (tertiary alicyclic amines) is 1. The molecule has 3 rings (SSSR count). The van der Waals surface area contributed by atoms with E-state index in [0.717, 1.165) is 0 Å². The summed E-state index contributed by atoms with van der Waals surface area (Å²) in [5.74, 6) is -0.0892. The number of carbonyl (C=O) groups excluding carboxylic acids is 2. The Morgan fingerprint density at radius 3 is 2.08 bits per heavy atom. The standard InChI is InChI=1S/C9H9NO2S/c1-10-8(11)6-4-2-3-5(13-4)7(6)9(10)12/h2-7H,1H3/t4-,5+,6-,7+. The van der Waals surface area contributed by atoms with Gasteiger partial charge in [-0.2, -0.15) is 0 Å². The van der Waals surface area contributed by atoms with E-state index in [1.54, 1.807) is 18.8 Å². The molecule has 0 aromatic carbocycles. The van der Waals surface area contributed by atoms with E-state index < -0.39 is 0 Å². The third-order valence-electron chi connectivity index (χ3n) is 3.13. The van der Waals surface area contributed by atoms with Crippen LogP contribution in [0, 0.1) is 11.8 Å². The molecule has 3 aliphatic heterocycles. The Morgan fingerprint density at radius 2 is 1.62 bits per heavy atom. The molecule has 4 atom stereocenters. The van der Waals surface area contributed by atoms with Gasteiger partial charge in [-0.25, -0.2) is 0 Å². The first-order valence-electron chi connectivity index (χ1n) is 4.35. The number of imide groups is 1. The smallest absolute Gasteiger partial charge is 0.234 e. The first-order chi connectivity index (χ1) is 6.20. The molecule has 0 aliphatic carbocycles. The summed E-state index contributed by atoms with van der Waals surface area (Å²) in [5.41, 5.74) is 0. The molecule has 68 valence electrons. The summed E-state index contributed by atoms with van der Waals surface area (Å²) in [6, 6.07) is 0. The molecular formula is C9H9NO2S. The zero-order valence-corrected chi connectivity index (χ0v) is 7.95. The Bertz CT molecular complexity index is 309. The van der Waals surface area contributed by atoms with E-state index in [-0.39, 0.29) is 34.2 Å². The molecule has 0 aromatic rings. The summed E-state index contributed by atoms with van der Waals surface area (Å²) in [5, 5.41) is 0.521. The first kappa shape index (κ1) is 7.62. The van der Waals surface area contributed by atoms with Gasteiger partial charge in [0, 0.05) is 17.5 Å². The minimum Gasteiger partial charge on any atom is -0.285 e. The fourth-order valence-corrected chi connectivity index (χ4v) is 4.09. The number of carbonyl (C=O) groups is 2. The van der Waals surface area contributed by atoms with Gasteiger partial charge in [0.15, 0.2) is 0 Å². The average molecular weight is 195 g/mol. The molecule has 3 aliphatic rings. The minimum absolute atomic E-state index is 0.0133. The van der Waals surface area contributed by atoms with Gasteiger partial charge >= 0.3 is 0 Å². The lowest BCUT2D eigenvalue weighted by Crippen LogP contribution is -2.28. The fourth-order valence-electron chi connectivity index (χ4n) is 2.45. The summed E-state index contributed by atoms with van der Waals surface area (Å²) in [7, 11) is 1.59. The zero-order valence-electron chi connectivity index (χ0n) is 7.14. The van der Waals surface area contributed by atoms with Crippen molar-refractivity contribution in [3.8, 4) is 0 Å². The lowest BCUT2D eigenvalue weighted by Gasteiger charge is -2.12. The highest BCUT2D eigenvalue weighted by Crippen LogP contribution is 2.52. The zero-order chi connectivity index (χ0) is 9.16. The van der Waals surface area contributed by atoms with Crippen molar-refractivity contribution in [1.29, 1.82) is 0 Å². The maximum atomic E-state index is 11.6. The van der Waals surface area contributed by atoms with E-state index >= 15 is 0 Å². The Hall–Kier alpha value is -0.770. The van der Waals surface area contributed by atoms with Crippen molar-refractivity contribution in [3.63, 3.8) is 0 Å². The van der Waals surface area contributed by atoms with Crippen LogP contribution in [0.25, 0.3) is 0 Å².